The first-order valence-corrected chi connectivity index (χ1v) is 11.3. The summed E-state index contributed by atoms with van der Waals surface area (Å²) in [5.41, 5.74) is 2.11. The van der Waals surface area contributed by atoms with Crippen molar-refractivity contribution < 1.29 is 23.9 Å². The van der Waals surface area contributed by atoms with Gasteiger partial charge in [0.15, 0.2) is 5.11 Å². The molecule has 0 bridgehead atoms. The molecule has 1 heterocycles. The van der Waals surface area contributed by atoms with Gasteiger partial charge < -0.3 is 25.0 Å². The number of ether oxygens (including phenoxy) is 2. The normalized spacial score (nSPS) is 17.0. The Kier molecular flexibility index (Phi) is 10.1. The molecule has 0 aromatic heterocycles. The van der Waals surface area contributed by atoms with E-state index in [4.69, 9.17) is 21.7 Å². The van der Waals surface area contributed by atoms with Crippen molar-refractivity contribution in [2.75, 3.05) is 33.4 Å². The van der Waals surface area contributed by atoms with Gasteiger partial charge in [-0.1, -0.05) is 38.1 Å². The van der Waals surface area contributed by atoms with Crippen LogP contribution in [0.15, 0.2) is 24.3 Å². The van der Waals surface area contributed by atoms with Gasteiger partial charge in [-0.3, -0.25) is 14.4 Å². The van der Waals surface area contributed by atoms with Gasteiger partial charge in [-0.15, -0.1) is 0 Å². The van der Waals surface area contributed by atoms with E-state index in [0.29, 0.717) is 19.0 Å². The summed E-state index contributed by atoms with van der Waals surface area (Å²) in [5, 5.41) is 5.59. The van der Waals surface area contributed by atoms with E-state index in [-0.39, 0.29) is 36.6 Å². The van der Waals surface area contributed by atoms with Crippen LogP contribution in [-0.2, 0) is 30.3 Å². The van der Waals surface area contributed by atoms with Crippen LogP contribution >= 0.6 is 12.2 Å². The van der Waals surface area contributed by atoms with Crippen LogP contribution < -0.4 is 10.6 Å². The van der Waals surface area contributed by atoms with Crippen molar-refractivity contribution in [3.8, 4) is 0 Å². The van der Waals surface area contributed by atoms with Crippen LogP contribution in [-0.4, -0.2) is 67.3 Å². The quantitative estimate of drug-likeness (QED) is 0.327. The maximum Gasteiger partial charge on any atom is 0.308 e. The highest BCUT2D eigenvalue weighted by Gasteiger charge is 2.34. The molecule has 32 heavy (non-hydrogen) atoms. The first-order chi connectivity index (χ1) is 15.2. The standard InChI is InChI=1S/C23H33N3O5S/c1-15(2)13-17-5-7-18(8-6-17)16(3)21(28)25-23(32)26-10-9-24-22(29)19(26)14-20(27)31-12-11-30-4/h5-8,15-16,19H,9-14H2,1-4H3,(H,24,29)(H,25,28,32). The molecular formula is C23H33N3O5S. The second-order valence-corrected chi connectivity index (χ2v) is 8.66. The van der Waals surface area contributed by atoms with Crippen LogP contribution in [0.3, 0.4) is 0 Å². The van der Waals surface area contributed by atoms with Gasteiger partial charge in [0.05, 0.1) is 18.9 Å². The molecule has 1 saturated heterocycles. The number of piperazine rings is 1. The van der Waals surface area contributed by atoms with Gasteiger partial charge in [0.2, 0.25) is 11.8 Å². The van der Waals surface area contributed by atoms with Crippen LogP contribution in [0.2, 0.25) is 0 Å². The molecule has 1 aliphatic rings. The second kappa shape index (κ2) is 12.5. The molecule has 1 aromatic carbocycles. The zero-order valence-corrected chi connectivity index (χ0v) is 20.0. The lowest BCUT2D eigenvalue weighted by Crippen LogP contribution is -2.60. The summed E-state index contributed by atoms with van der Waals surface area (Å²) >= 11 is 5.42. The maximum atomic E-state index is 12.8. The minimum absolute atomic E-state index is 0.109. The molecule has 0 saturated carbocycles. The molecule has 0 radical (unpaired) electrons. The smallest absolute Gasteiger partial charge is 0.308 e. The molecule has 1 fully saturated rings. The third kappa shape index (κ3) is 7.56. The van der Waals surface area contributed by atoms with Crippen molar-refractivity contribution in [3.05, 3.63) is 35.4 Å². The molecule has 2 rings (SSSR count). The van der Waals surface area contributed by atoms with Crippen molar-refractivity contribution in [1.29, 1.82) is 0 Å². The Labute approximate surface area is 195 Å². The lowest BCUT2D eigenvalue weighted by Gasteiger charge is -2.36. The van der Waals surface area contributed by atoms with Crippen LogP contribution in [0, 0.1) is 5.92 Å². The third-order valence-corrected chi connectivity index (χ3v) is 5.59. The first-order valence-electron chi connectivity index (χ1n) is 10.9. The average molecular weight is 464 g/mol. The summed E-state index contributed by atoms with van der Waals surface area (Å²) < 4.78 is 9.92. The molecule has 0 aliphatic carbocycles. The topological polar surface area (TPSA) is 97.0 Å². The fraction of sp³-hybridized carbons (Fsp3) is 0.565. The Morgan fingerprint density at radius 2 is 1.91 bits per heavy atom. The van der Waals surface area contributed by atoms with E-state index < -0.39 is 17.9 Å². The van der Waals surface area contributed by atoms with E-state index in [1.807, 2.05) is 31.2 Å². The molecule has 1 aromatic rings. The number of nitrogens with zero attached hydrogens (tertiary/aromatic N) is 1. The summed E-state index contributed by atoms with van der Waals surface area (Å²) in [6.07, 6.45) is 0.815. The number of amides is 2. The predicted octanol–water partition coefficient (Wildman–Crippen LogP) is 1.77. The number of esters is 1. The average Bonchev–Trinajstić information content (AvgIpc) is 2.74. The number of carbonyl (C=O) groups is 3. The molecule has 2 N–H and O–H groups in total. The molecule has 1 aliphatic heterocycles. The number of thiocarbonyl (C=S) groups is 1. The van der Waals surface area contributed by atoms with Gasteiger partial charge in [-0.2, -0.15) is 0 Å². The summed E-state index contributed by atoms with van der Waals surface area (Å²) in [6, 6.07) is 7.16. The number of hydrogen-bond acceptors (Lipinski definition) is 6. The fourth-order valence-corrected chi connectivity index (χ4v) is 3.79. The van der Waals surface area contributed by atoms with Crippen LogP contribution in [0.5, 0.6) is 0 Å². The van der Waals surface area contributed by atoms with Crippen LogP contribution in [0.1, 0.15) is 44.2 Å². The Morgan fingerprint density at radius 3 is 2.53 bits per heavy atom. The number of hydrogen-bond donors (Lipinski definition) is 2. The SMILES string of the molecule is COCCOC(=O)CC1C(=O)NCCN1C(=S)NC(=O)C(C)c1ccc(CC(C)C)cc1. The van der Waals surface area contributed by atoms with E-state index in [0.717, 1.165) is 12.0 Å². The Hall–Kier alpha value is -2.52. The molecule has 0 spiro atoms. The van der Waals surface area contributed by atoms with Gasteiger partial charge in [0.25, 0.3) is 0 Å². The Morgan fingerprint density at radius 1 is 1.22 bits per heavy atom. The largest absolute Gasteiger partial charge is 0.463 e. The lowest BCUT2D eigenvalue weighted by molar-refractivity contribution is -0.148. The van der Waals surface area contributed by atoms with Crippen molar-refractivity contribution in [2.24, 2.45) is 5.92 Å². The molecule has 8 nitrogen and oxygen atoms in total. The molecular weight excluding hydrogens is 430 g/mol. The highest BCUT2D eigenvalue weighted by Crippen LogP contribution is 2.18. The van der Waals surface area contributed by atoms with Crippen molar-refractivity contribution in [2.45, 2.75) is 45.6 Å². The van der Waals surface area contributed by atoms with E-state index in [1.54, 1.807) is 4.90 Å². The van der Waals surface area contributed by atoms with E-state index >= 15 is 0 Å². The number of benzene rings is 1. The molecule has 176 valence electrons. The summed E-state index contributed by atoms with van der Waals surface area (Å²) in [5.74, 6) is -0.981. The first kappa shape index (κ1) is 25.7. The summed E-state index contributed by atoms with van der Waals surface area (Å²) in [6.45, 7) is 7.28. The zero-order chi connectivity index (χ0) is 23.7. The number of rotatable bonds is 9. The molecule has 2 atom stereocenters. The van der Waals surface area contributed by atoms with Crippen molar-refractivity contribution in [3.63, 3.8) is 0 Å². The monoisotopic (exact) mass is 463 g/mol. The van der Waals surface area contributed by atoms with Gasteiger partial charge in [-0.25, -0.2) is 0 Å². The molecule has 2 unspecified atom stereocenters. The lowest BCUT2D eigenvalue weighted by atomic mass is 9.96. The fourth-order valence-electron chi connectivity index (χ4n) is 3.47. The van der Waals surface area contributed by atoms with E-state index in [2.05, 4.69) is 24.5 Å². The minimum atomic E-state index is -0.836. The van der Waals surface area contributed by atoms with E-state index in [1.165, 1.54) is 12.7 Å². The number of carbonyl (C=O) groups excluding carboxylic acids is 3. The Balaban J connectivity index is 1.99. The summed E-state index contributed by atoms with van der Waals surface area (Å²) in [7, 11) is 1.51. The van der Waals surface area contributed by atoms with Gasteiger partial charge in [0.1, 0.15) is 12.6 Å². The van der Waals surface area contributed by atoms with E-state index in [9.17, 15) is 14.4 Å². The Bertz CT molecular complexity index is 812. The second-order valence-electron chi connectivity index (χ2n) is 8.27. The van der Waals surface area contributed by atoms with Crippen molar-refractivity contribution in [1.82, 2.24) is 15.5 Å². The summed E-state index contributed by atoms with van der Waals surface area (Å²) in [4.78, 5) is 38.8. The van der Waals surface area contributed by atoms with Crippen LogP contribution in [0.4, 0.5) is 0 Å². The highest BCUT2D eigenvalue weighted by molar-refractivity contribution is 7.80. The minimum Gasteiger partial charge on any atom is -0.463 e. The predicted molar refractivity (Wildman–Crippen MR) is 125 cm³/mol. The number of methoxy groups -OCH3 is 1. The van der Waals surface area contributed by atoms with Crippen LogP contribution in [0.25, 0.3) is 0 Å². The zero-order valence-electron chi connectivity index (χ0n) is 19.2. The number of nitrogens with one attached hydrogen (secondary N) is 2. The van der Waals surface area contributed by atoms with Gasteiger partial charge in [0, 0.05) is 20.2 Å². The maximum absolute atomic E-state index is 12.8. The van der Waals surface area contributed by atoms with Gasteiger partial charge in [-0.05, 0) is 42.6 Å². The highest BCUT2D eigenvalue weighted by atomic mass is 32.1. The third-order valence-electron chi connectivity index (χ3n) is 5.25. The molecule has 2 amide bonds. The molecule has 9 heteroatoms. The van der Waals surface area contributed by atoms with Gasteiger partial charge >= 0.3 is 5.97 Å². The van der Waals surface area contributed by atoms with Crippen molar-refractivity contribution >= 4 is 35.1 Å².